The predicted octanol–water partition coefficient (Wildman–Crippen LogP) is 4.75. The van der Waals surface area contributed by atoms with E-state index < -0.39 is 0 Å². The first-order chi connectivity index (χ1) is 13.6. The van der Waals surface area contributed by atoms with E-state index in [4.69, 9.17) is 34.3 Å². The first-order valence-corrected chi connectivity index (χ1v) is 9.34. The Morgan fingerprint density at radius 3 is 2.46 bits per heavy atom. The number of benzene rings is 2. The van der Waals surface area contributed by atoms with E-state index >= 15 is 0 Å². The van der Waals surface area contributed by atoms with Crippen molar-refractivity contribution in [2.45, 2.75) is 6.54 Å². The molecular weight excluding hydrogens is 395 g/mol. The second-order valence-corrected chi connectivity index (χ2v) is 6.78. The van der Waals surface area contributed by atoms with E-state index in [0.29, 0.717) is 16.6 Å². The zero-order chi connectivity index (χ0) is 20.1. The lowest BCUT2D eigenvalue weighted by Crippen LogP contribution is -2.09. The van der Waals surface area contributed by atoms with E-state index in [1.807, 2.05) is 30.5 Å². The smallest absolute Gasteiger partial charge is 0.140 e. The van der Waals surface area contributed by atoms with Gasteiger partial charge in [-0.25, -0.2) is 4.98 Å². The van der Waals surface area contributed by atoms with Crippen molar-refractivity contribution in [1.82, 2.24) is 9.55 Å². The summed E-state index contributed by atoms with van der Waals surface area (Å²) in [5, 5.41) is 12.6. The highest BCUT2D eigenvalue weighted by molar-refractivity contribution is 6.42. The highest BCUT2D eigenvalue weighted by Gasteiger charge is 2.11. The van der Waals surface area contributed by atoms with E-state index in [1.165, 1.54) is 0 Å². The number of pyridine rings is 1. The Labute approximate surface area is 172 Å². The summed E-state index contributed by atoms with van der Waals surface area (Å²) in [5.74, 6) is 0. The van der Waals surface area contributed by atoms with Crippen molar-refractivity contribution in [3.63, 3.8) is 0 Å². The summed E-state index contributed by atoms with van der Waals surface area (Å²) in [6, 6.07) is 15.8. The van der Waals surface area contributed by atoms with Gasteiger partial charge in [0.15, 0.2) is 0 Å². The van der Waals surface area contributed by atoms with E-state index in [2.05, 4.69) is 38.8 Å². The molecule has 6 N–H and O–H groups in total. The van der Waals surface area contributed by atoms with Crippen LogP contribution in [-0.2, 0) is 6.54 Å². The molecular formula is C20H20Cl2N6. The maximum absolute atomic E-state index is 6.10. The molecule has 0 atom stereocenters. The molecule has 0 saturated carbocycles. The molecule has 2 aromatic carbocycles. The van der Waals surface area contributed by atoms with Crippen molar-refractivity contribution in [2.24, 2.45) is 11.5 Å². The molecule has 4 aromatic rings. The van der Waals surface area contributed by atoms with Gasteiger partial charge in [0.25, 0.3) is 0 Å². The zero-order valence-electron chi connectivity index (χ0n) is 15.0. The van der Waals surface area contributed by atoms with Gasteiger partial charge in [-0.2, -0.15) is 0 Å². The summed E-state index contributed by atoms with van der Waals surface area (Å²) in [7, 11) is 0. The van der Waals surface area contributed by atoms with Crippen LogP contribution in [0.2, 0.25) is 10.0 Å². The Hall–Kier alpha value is -2.80. The molecule has 144 valence electrons. The van der Waals surface area contributed by atoms with Gasteiger partial charge >= 0.3 is 0 Å². The van der Waals surface area contributed by atoms with Gasteiger partial charge < -0.3 is 21.4 Å². The van der Waals surface area contributed by atoms with E-state index in [0.717, 1.165) is 46.2 Å². The third-order valence-corrected chi connectivity index (χ3v) is 4.92. The fourth-order valence-electron chi connectivity index (χ4n) is 3.10. The molecule has 0 fully saturated rings. The van der Waals surface area contributed by atoms with Crippen molar-refractivity contribution in [3.8, 4) is 0 Å². The van der Waals surface area contributed by atoms with Crippen LogP contribution in [-0.4, -0.2) is 22.4 Å². The topological polar surface area (TPSA) is 106 Å². The van der Waals surface area contributed by atoms with E-state index in [9.17, 15) is 0 Å². The molecule has 0 aliphatic carbocycles. The third-order valence-electron chi connectivity index (χ3n) is 4.18. The van der Waals surface area contributed by atoms with Crippen LogP contribution in [0.1, 0.15) is 0 Å². The van der Waals surface area contributed by atoms with Crippen molar-refractivity contribution in [3.05, 3.63) is 64.8 Å². The molecule has 0 unspecified atom stereocenters. The van der Waals surface area contributed by atoms with Gasteiger partial charge in [0.05, 0.1) is 21.9 Å². The van der Waals surface area contributed by atoms with Crippen LogP contribution in [0.15, 0.2) is 54.7 Å². The SMILES string of the molecule is N=CN.NCCn1c2ccc(Nc3ccc(Cl)c(Cl)c3)cc2c2cccnc21. The molecule has 4 rings (SSSR count). The molecule has 2 aromatic heterocycles. The number of fused-ring (bicyclic) bond motifs is 3. The number of halogens is 2. The average Bonchev–Trinajstić information content (AvgIpc) is 2.99. The molecule has 8 heteroatoms. The molecule has 0 radical (unpaired) electrons. The molecule has 6 nitrogen and oxygen atoms in total. The van der Waals surface area contributed by atoms with Crippen molar-refractivity contribution < 1.29 is 0 Å². The fraction of sp³-hybridized carbons (Fsp3) is 0.100. The lowest BCUT2D eigenvalue weighted by atomic mass is 10.1. The van der Waals surface area contributed by atoms with Gasteiger partial charge in [-0.3, -0.25) is 5.41 Å². The van der Waals surface area contributed by atoms with Gasteiger partial charge in [-0.15, -0.1) is 0 Å². The summed E-state index contributed by atoms with van der Waals surface area (Å²) in [6.07, 6.45) is 2.56. The number of rotatable bonds is 4. The van der Waals surface area contributed by atoms with Crippen LogP contribution in [0.3, 0.4) is 0 Å². The minimum absolute atomic E-state index is 0.525. The molecule has 0 saturated heterocycles. The van der Waals surface area contributed by atoms with Crippen molar-refractivity contribution in [1.29, 1.82) is 5.41 Å². The number of anilines is 2. The third kappa shape index (κ3) is 4.04. The maximum Gasteiger partial charge on any atom is 0.140 e. The molecule has 0 aliphatic heterocycles. The summed E-state index contributed by atoms with van der Waals surface area (Å²) >= 11 is 12.1. The number of aromatic nitrogens is 2. The van der Waals surface area contributed by atoms with Gasteiger partial charge in [0.2, 0.25) is 0 Å². The Kier molecular flexibility index (Phi) is 6.36. The van der Waals surface area contributed by atoms with Crippen LogP contribution in [0.25, 0.3) is 21.9 Å². The molecule has 0 bridgehead atoms. The molecule has 28 heavy (non-hydrogen) atoms. The number of hydrogen-bond donors (Lipinski definition) is 4. The van der Waals surface area contributed by atoms with Crippen LogP contribution < -0.4 is 16.8 Å². The number of nitrogens with two attached hydrogens (primary N) is 2. The van der Waals surface area contributed by atoms with Gasteiger partial charge in [0, 0.05) is 41.4 Å². The predicted molar refractivity (Wildman–Crippen MR) is 119 cm³/mol. The lowest BCUT2D eigenvalue weighted by molar-refractivity contribution is 0.750. The zero-order valence-corrected chi connectivity index (χ0v) is 16.5. The van der Waals surface area contributed by atoms with Crippen molar-refractivity contribution in [2.75, 3.05) is 11.9 Å². The van der Waals surface area contributed by atoms with Gasteiger partial charge in [-0.05, 0) is 48.5 Å². The number of hydrogen-bond acceptors (Lipinski definition) is 4. The second kappa shape index (κ2) is 8.93. The Bertz CT molecular complexity index is 1120. The number of nitrogens with zero attached hydrogens (tertiary/aromatic N) is 2. The van der Waals surface area contributed by atoms with Crippen molar-refractivity contribution >= 4 is 62.9 Å². The highest BCUT2D eigenvalue weighted by Crippen LogP contribution is 2.32. The van der Waals surface area contributed by atoms with Gasteiger partial charge in [-0.1, -0.05) is 23.2 Å². The second-order valence-electron chi connectivity index (χ2n) is 5.97. The summed E-state index contributed by atoms with van der Waals surface area (Å²) in [5.41, 5.74) is 14.1. The molecule has 0 spiro atoms. The quantitative estimate of drug-likeness (QED) is 0.285. The molecule has 0 amide bonds. The van der Waals surface area contributed by atoms with Crippen LogP contribution in [0.4, 0.5) is 11.4 Å². The Morgan fingerprint density at radius 1 is 1.04 bits per heavy atom. The Morgan fingerprint density at radius 2 is 1.75 bits per heavy atom. The normalized spacial score (nSPS) is 10.5. The van der Waals surface area contributed by atoms with E-state index in [-0.39, 0.29) is 0 Å². The minimum Gasteiger partial charge on any atom is -0.390 e. The van der Waals surface area contributed by atoms with Crippen LogP contribution in [0.5, 0.6) is 0 Å². The minimum atomic E-state index is 0.525. The van der Waals surface area contributed by atoms with E-state index in [1.54, 1.807) is 6.07 Å². The van der Waals surface area contributed by atoms with Gasteiger partial charge in [0.1, 0.15) is 5.65 Å². The standard InChI is InChI=1S/C19H16Cl2N4.CH4N2/c20-16-5-3-13(11-17(16)21)24-12-4-6-18-15(10-12)14-2-1-8-23-19(14)25(18)9-7-22;2-1-3/h1-6,8,10-11,24H,7,9,22H2;1H,(H3,2,3). The largest absolute Gasteiger partial charge is 0.390 e. The number of nitrogens with one attached hydrogen (secondary N) is 2. The highest BCUT2D eigenvalue weighted by atomic mass is 35.5. The molecule has 0 aliphatic rings. The summed E-state index contributed by atoms with van der Waals surface area (Å²) < 4.78 is 2.16. The average molecular weight is 415 g/mol. The van der Waals surface area contributed by atoms with Crippen LogP contribution >= 0.6 is 23.2 Å². The summed E-state index contributed by atoms with van der Waals surface area (Å²) in [4.78, 5) is 4.53. The first kappa shape index (κ1) is 19.9. The lowest BCUT2D eigenvalue weighted by Gasteiger charge is -2.09. The maximum atomic E-state index is 6.10. The van der Waals surface area contributed by atoms with Crippen LogP contribution in [0, 0.1) is 5.41 Å². The summed E-state index contributed by atoms with van der Waals surface area (Å²) in [6.45, 7) is 1.30. The molecule has 2 heterocycles. The Balaban J connectivity index is 0.000000706. The first-order valence-electron chi connectivity index (χ1n) is 8.58. The monoisotopic (exact) mass is 414 g/mol. The fourth-order valence-corrected chi connectivity index (χ4v) is 3.40.